The third-order valence-electron chi connectivity index (χ3n) is 2.18. The second kappa shape index (κ2) is 6.53. The maximum absolute atomic E-state index is 11.5. The molecule has 1 N–H and O–H groups in total. The van der Waals surface area contributed by atoms with E-state index in [2.05, 4.69) is 15.5 Å². The van der Waals surface area contributed by atoms with Gasteiger partial charge in [-0.2, -0.15) is 0 Å². The lowest BCUT2D eigenvalue weighted by molar-refractivity contribution is -0.114. The van der Waals surface area contributed by atoms with Gasteiger partial charge in [-0.1, -0.05) is 40.6 Å². The third-order valence-corrected chi connectivity index (χ3v) is 3.32. The van der Waals surface area contributed by atoms with E-state index in [4.69, 9.17) is 16.0 Å². The summed E-state index contributed by atoms with van der Waals surface area (Å²) in [5.41, 5.74) is 0.584. The van der Waals surface area contributed by atoms with E-state index in [1.165, 1.54) is 6.92 Å². The Morgan fingerprint density at radius 1 is 1.35 bits per heavy atom. The van der Waals surface area contributed by atoms with Gasteiger partial charge < -0.3 is 4.42 Å². The number of halogens is 1. The van der Waals surface area contributed by atoms with E-state index in [0.717, 1.165) is 11.8 Å². The molecule has 0 unspecified atom stereocenters. The number of aromatic nitrogens is 2. The summed E-state index contributed by atoms with van der Waals surface area (Å²) >= 11 is 6.90. The number of anilines is 1. The van der Waals surface area contributed by atoms with Crippen LogP contribution in [-0.4, -0.2) is 27.0 Å². The zero-order valence-electron chi connectivity index (χ0n) is 10.4. The topological polar surface area (TPSA) is 85.1 Å². The van der Waals surface area contributed by atoms with Gasteiger partial charge in [0.2, 0.25) is 5.91 Å². The Morgan fingerprint density at radius 3 is 2.80 bits per heavy atom. The molecule has 0 aliphatic carbocycles. The van der Waals surface area contributed by atoms with Crippen LogP contribution in [0, 0.1) is 0 Å². The lowest BCUT2D eigenvalue weighted by Gasteiger charge is -1.98. The number of thioether (sulfide) groups is 1. The third kappa shape index (κ3) is 3.82. The smallest absolute Gasteiger partial charge is 0.322 e. The van der Waals surface area contributed by atoms with Crippen LogP contribution < -0.4 is 5.32 Å². The van der Waals surface area contributed by atoms with E-state index >= 15 is 0 Å². The molecule has 6 nitrogen and oxygen atoms in total. The van der Waals surface area contributed by atoms with Crippen molar-refractivity contribution in [3.8, 4) is 11.5 Å². The van der Waals surface area contributed by atoms with Crippen molar-refractivity contribution in [1.82, 2.24) is 10.2 Å². The number of benzene rings is 1. The highest BCUT2D eigenvalue weighted by atomic mass is 35.5. The maximum atomic E-state index is 11.5. The predicted molar refractivity (Wildman–Crippen MR) is 76.5 cm³/mol. The molecule has 2 aromatic rings. The Labute approximate surface area is 123 Å². The Hall–Kier alpha value is -1.86. The van der Waals surface area contributed by atoms with Crippen LogP contribution >= 0.6 is 23.4 Å². The maximum Gasteiger partial charge on any atom is 0.322 e. The van der Waals surface area contributed by atoms with Gasteiger partial charge in [0, 0.05) is 6.92 Å². The fourth-order valence-electron chi connectivity index (χ4n) is 1.34. The molecular weight excluding hydrogens is 302 g/mol. The average Bonchev–Trinajstić information content (AvgIpc) is 2.85. The molecule has 0 aliphatic rings. The minimum atomic E-state index is -0.389. The summed E-state index contributed by atoms with van der Waals surface area (Å²) in [5, 5.41) is 10.3. The van der Waals surface area contributed by atoms with Gasteiger partial charge in [0.25, 0.3) is 5.89 Å². The van der Waals surface area contributed by atoms with Crippen molar-refractivity contribution in [2.24, 2.45) is 0 Å². The summed E-state index contributed by atoms with van der Waals surface area (Å²) in [7, 11) is 0. The van der Waals surface area contributed by atoms with E-state index in [1.54, 1.807) is 24.3 Å². The number of rotatable bonds is 4. The first kappa shape index (κ1) is 14.5. The predicted octanol–water partition coefficient (Wildman–Crippen LogP) is 2.61. The highest BCUT2D eigenvalue weighted by Gasteiger charge is 2.13. The van der Waals surface area contributed by atoms with Crippen LogP contribution in [0.15, 0.2) is 28.7 Å². The van der Waals surface area contributed by atoms with Crippen molar-refractivity contribution < 1.29 is 14.0 Å². The van der Waals surface area contributed by atoms with E-state index in [9.17, 15) is 9.59 Å². The first-order valence-corrected chi connectivity index (χ1v) is 6.94. The molecule has 1 aromatic heterocycles. The number of nitrogens with zero attached hydrogens (tertiary/aromatic N) is 2. The molecule has 1 amide bonds. The van der Waals surface area contributed by atoms with Gasteiger partial charge in [0.05, 0.1) is 16.3 Å². The van der Waals surface area contributed by atoms with Gasteiger partial charge in [0.15, 0.2) is 5.12 Å². The van der Waals surface area contributed by atoms with E-state index in [0.29, 0.717) is 10.6 Å². The molecule has 0 atom stereocenters. The fraction of sp³-hybridized carbons (Fsp3) is 0.167. The Bertz CT molecular complexity index is 644. The number of hydrogen-bond acceptors (Lipinski definition) is 6. The molecule has 20 heavy (non-hydrogen) atoms. The standard InChI is InChI=1S/C12H10ClN3O3S/c1-7(17)20-6-10(18)14-12-16-15-11(19-12)8-4-2-3-5-9(8)13/h2-5H,6H2,1H3,(H,14,16,18). The fourth-order valence-corrected chi connectivity index (χ4v) is 1.96. The van der Waals surface area contributed by atoms with Gasteiger partial charge >= 0.3 is 6.01 Å². The van der Waals surface area contributed by atoms with Crippen LogP contribution in [0.4, 0.5) is 6.01 Å². The summed E-state index contributed by atoms with van der Waals surface area (Å²) in [5.74, 6) is -0.177. The SMILES string of the molecule is CC(=O)SCC(=O)Nc1nnc(-c2ccccc2Cl)o1. The van der Waals surface area contributed by atoms with Gasteiger partial charge in [0.1, 0.15) is 0 Å². The number of hydrogen-bond donors (Lipinski definition) is 1. The quantitative estimate of drug-likeness (QED) is 0.934. The lowest BCUT2D eigenvalue weighted by atomic mass is 10.2. The average molecular weight is 312 g/mol. The molecule has 0 saturated carbocycles. The van der Waals surface area contributed by atoms with Crippen molar-refractivity contribution in [1.29, 1.82) is 0 Å². The molecule has 1 heterocycles. The summed E-state index contributed by atoms with van der Waals surface area (Å²) in [6, 6.07) is 6.96. The van der Waals surface area contributed by atoms with Crippen molar-refractivity contribution in [3.63, 3.8) is 0 Å². The Kier molecular flexibility index (Phi) is 4.75. The monoisotopic (exact) mass is 311 g/mol. The highest BCUT2D eigenvalue weighted by molar-refractivity contribution is 8.14. The molecule has 104 valence electrons. The number of nitrogens with one attached hydrogen (secondary N) is 1. The van der Waals surface area contributed by atoms with Crippen molar-refractivity contribution in [2.45, 2.75) is 6.92 Å². The van der Waals surface area contributed by atoms with Crippen LogP contribution in [0.3, 0.4) is 0 Å². The Balaban J connectivity index is 2.04. The van der Waals surface area contributed by atoms with Crippen LogP contribution in [0.1, 0.15) is 6.92 Å². The minimum Gasteiger partial charge on any atom is -0.403 e. The largest absolute Gasteiger partial charge is 0.403 e. The molecule has 0 fully saturated rings. The summed E-state index contributed by atoms with van der Waals surface area (Å²) in [6.07, 6.45) is 0. The lowest BCUT2D eigenvalue weighted by Crippen LogP contribution is -2.15. The van der Waals surface area contributed by atoms with E-state index in [-0.39, 0.29) is 28.7 Å². The summed E-state index contributed by atoms with van der Waals surface area (Å²) in [6.45, 7) is 1.39. The van der Waals surface area contributed by atoms with Crippen LogP contribution in [0.5, 0.6) is 0 Å². The normalized spacial score (nSPS) is 10.3. The second-order valence-electron chi connectivity index (χ2n) is 3.72. The molecule has 0 bridgehead atoms. The van der Waals surface area contributed by atoms with Crippen LogP contribution in [0.2, 0.25) is 5.02 Å². The van der Waals surface area contributed by atoms with Crippen molar-refractivity contribution in [2.75, 3.05) is 11.1 Å². The molecule has 0 spiro atoms. The molecule has 2 rings (SSSR count). The summed E-state index contributed by atoms with van der Waals surface area (Å²) < 4.78 is 5.30. The van der Waals surface area contributed by atoms with Gasteiger partial charge in [-0.3, -0.25) is 14.9 Å². The van der Waals surface area contributed by atoms with Crippen LogP contribution in [-0.2, 0) is 9.59 Å². The molecule has 0 saturated heterocycles. The first-order valence-electron chi connectivity index (χ1n) is 5.58. The van der Waals surface area contributed by atoms with E-state index < -0.39 is 0 Å². The first-order chi connectivity index (χ1) is 9.56. The molecule has 1 aromatic carbocycles. The molecule has 0 aliphatic heterocycles. The zero-order valence-corrected chi connectivity index (χ0v) is 12.0. The highest BCUT2D eigenvalue weighted by Crippen LogP contribution is 2.27. The van der Waals surface area contributed by atoms with Crippen molar-refractivity contribution >= 4 is 40.4 Å². The molecular formula is C12H10ClN3O3S. The van der Waals surface area contributed by atoms with E-state index in [1.807, 2.05) is 0 Å². The van der Waals surface area contributed by atoms with Gasteiger partial charge in [-0.25, -0.2) is 0 Å². The minimum absolute atomic E-state index is 0.000853. The summed E-state index contributed by atoms with van der Waals surface area (Å²) in [4.78, 5) is 22.2. The molecule has 0 radical (unpaired) electrons. The molecule has 8 heteroatoms. The Morgan fingerprint density at radius 2 is 2.10 bits per heavy atom. The van der Waals surface area contributed by atoms with Crippen LogP contribution in [0.25, 0.3) is 11.5 Å². The van der Waals surface area contributed by atoms with Crippen molar-refractivity contribution in [3.05, 3.63) is 29.3 Å². The second-order valence-corrected chi connectivity index (χ2v) is 5.28. The number of amides is 1. The number of carbonyl (C=O) groups excluding carboxylic acids is 2. The zero-order chi connectivity index (χ0) is 14.5. The van der Waals surface area contributed by atoms with Gasteiger partial charge in [-0.15, -0.1) is 5.10 Å². The number of carbonyl (C=O) groups is 2. The van der Waals surface area contributed by atoms with Gasteiger partial charge in [-0.05, 0) is 12.1 Å².